The highest BCUT2D eigenvalue weighted by Gasteiger charge is 2.36. The topological polar surface area (TPSA) is 41.6 Å². The third-order valence-electron chi connectivity index (χ3n) is 4.31. The average molecular weight is 314 g/mol. The Morgan fingerprint density at radius 3 is 2.32 bits per heavy atom. The Bertz CT molecular complexity index is 537. The lowest BCUT2D eigenvalue weighted by Crippen LogP contribution is -2.52. The third kappa shape index (κ3) is 3.35. The van der Waals surface area contributed by atoms with Crippen LogP contribution in [0, 0.1) is 5.92 Å². The Morgan fingerprint density at radius 2 is 1.82 bits per heavy atom. The van der Waals surface area contributed by atoms with Crippen molar-refractivity contribution in [2.75, 3.05) is 25.0 Å². The van der Waals surface area contributed by atoms with Gasteiger partial charge in [0.15, 0.2) is 0 Å². The zero-order chi connectivity index (χ0) is 15.7. The largest absolute Gasteiger partial charge is 0.444 e. The Balaban J connectivity index is 1.55. The first-order valence-electron chi connectivity index (χ1n) is 7.29. The Labute approximate surface area is 126 Å². The number of nitrogens with one attached hydrogen (secondary N) is 1. The van der Waals surface area contributed by atoms with Crippen molar-refractivity contribution >= 4 is 11.8 Å². The van der Waals surface area contributed by atoms with Crippen LogP contribution >= 0.6 is 0 Å². The van der Waals surface area contributed by atoms with Crippen molar-refractivity contribution in [3.05, 3.63) is 29.8 Å². The van der Waals surface area contributed by atoms with Gasteiger partial charge in [0.1, 0.15) is 6.10 Å². The molecule has 4 rings (SSSR count). The average Bonchev–Trinajstić information content (AvgIpc) is 2.48. The van der Waals surface area contributed by atoms with Crippen LogP contribution in [0.15, 0.2) is 24.3 Å². The molecule has 0 spiro atoms. The number of amides is 1. The molecule has 2 bridgehead atoms. The van der Waals surface area contributed by atoms with Crippen LogP contribution in [0.5, 0.6) is 0 Å². The number of hydrogen-bond acceptors (Lipinski definition) is 3. The fraction of sp³-hybridized carbons (Fsp3) is 0.533. The molecule has 7 heteroatoms. The molecule has 120 valence electrons. The van der Waals surface area contributed by atoms with Gasteiger partial charge in [-0.1, -0.05) is 0 Å². The second kappa shape index (κ2) is 5.79. The molecule has 22 heavy (non-hydrogen) atoms. The number of benzene rings is 1. The predicted octanol–water partition coefficient (Wildman–Crippen LogP) is 3.35. The number of fused-ring (bicyclic) bond motifs is 3. The van der Waals surface area contributed by atoms with E-state index in [0.717, 1.165) is 44.6 Å². The van der Waals surface area contributed by atoms with Gasteiger partial charge < -0.3 is 4.74 Å². The molecule has 3 aliphatic heterocycles. The molecular formula is C15H17F3N2O2. The molecule has 3 fully saturated rings. The molecule has 0 saturated carbocycles. The second-order valence-corrected chi connectivity index (χ2v) is 5.78. The van der Waals surface area contributed by atoms with Crippen LogP contribution < -0.4 is 5.32 Å². The maximum Gasteiger partial charge on any atom is 0.416 e. The Hall–Kier alpha value is -1.76. The van der Waals surface area contributed by atoms with Gasteiger partial charge in [-0.05, 0) is 56.1 Å². The van der Waals surface area contributed by atoms with Gasteiger partial charge in [0.25, 0.3) is 0 Å². The lowest BCUT2D eigenvalue weighted by molar-refractivity contribution is -0.137. The summed E-state index contributed by atoms with van der Waals surface area (Å²) in [5.41, 5.74) is -0.455. The van der Waals surface area contributed by atoms with Crippen LogP contribution in [0.2, 0.25) is 0 Å². The molecule has 3 heterocycles. The number of anilines is 1. The summed E-state index contributed by atoms with van der Waals surface area (Å²) < 4.78 is 42.8. The molecule has 0 unspecified atom stereocenters. The van der Waals surface area contributed by atoms with Gasteiger partial charge in [0.2, 0.25) is 0 Å². The van der Waals surface area contributed by atoms with E-state index in [1.54, 1.807) is 0 Å². The van der Waals surface area contributed by atoms with Gasteiger partial charge in [-0.3, -0.25) is 10.2 Å². The molecule has 1 aromatic rings. The SMILES string of the molecule is O=C(Nc1ccc(C(F)(F)F)cc1)O[C@H]1CN2CCC1CC2. The molecule has 3 aliphatic rings. The van der Waals surface area contributed by atoms with E-state index in [-0.39, 0.29) is 6.10 Å². The van der Waals surface area contributed by atoms with Crippen molar-refractivity contribution in [1.29, 1.82) is 0 Å². The van der Waals surface area contributed by atoms with E-state index in [9.17, 15) is 18.0 Å². The summed E-state index contributed by atoms with van der Waals surface area (Å²) in [6.45, 7) is 2.83. The number of alkyl halides is 3. The van der Waals surface area contributed by atoms with Gasteiger partial charge in [-0.15, -0.1) is 0 Å². The molecule has 1 amide bonds. The molecular weight excluding hydrogens is 297 g/mol. The van der Waals surface area contributed by atoms with Crippen molar-refractivity contribution in [3.63, 3.8) is 0 Å². The molecule has 1 aromatic carbocycles. The number of halogens is 3. The zero-order valence-corrected chi connectivity index (χ0v) is 11.9. The summed E-state index contributed by atoms with van der Waals surface area (Å²) in [5, 5.41) is 2.48. The minimum Gasteiger partial charge on any atom is -0.444 e. The Kier molecular flexibility index (Phi) is 3.99. The highest BCUT2D eigenvalue weighted by Crippen LogP contribution is 2.31. The van der Waals surface area contributed by atoms with E-state index in [2.05, 4.69) is 10.2 Å². The van der Waals surface area contributed by atoms with Crippen molar-refractivity contribution in [1.82, 2.24) is 4.90 Å². The lowest BCUT2D eigenvalue weighted by atomic mass is 9.86. The number of rotatable bonds is 2. The van der Waals surface area contributed by atoms with Crippen LogP contribution in [0.1, 0.15) is 18.4 Å². The van der Waals surface area contributed by atoms with Crippen molar-refractivity contribution in [3.8, 4) is 0 Å². The van der Waals surface area contributed by atoms with Crippen LogP contribution in [0.4, 0.5) is 23.7 Å². The first-order valence-corrected chi connectivity index (χ1v) is 7.29. The van der Waals surface area contributed by atoms with E-state index in [0.29, 0.717) is 11.6 Å². The minimum absolute atomic E-state index is 0.128. The van der Waals surface area contributed by atoms with Crippen molar-refractivity contribution < 1.29 is 22.7 Å². The normalized spacial score (nSPS) is 27.5. The van der Waals surface area contributed by atoms with Gasteiger partial charge in [0.05, 0.1) is 5.56 Å². The number of ether oxygens (including phenoxy) is 1. The first-order chi connectivity index (χ1) is 10.4. The molecule has 0 radical (unpaired) electrons. The van der Waals surface area contributed by atoms with E-state index in [1.165, 1.54) is 12.1 Å². The fourth-order valence-corrected chi connectivity index (χ4v) is 3.07. The molecule has 0 aromatic heterocycles. The van der Waals surface area contributed by atoms with E-state index in [1.807, 2.05) is 0 Å². The maximum absolute atomic E-state index is 12.5. The third-order valence-corrected chi connectivity index (χ3v) is 4.31. The van der Waals surface area contributed by atoms with E-state index >= 15 is 0 Å². The van der Waals surface area contributed by atoms with Crippen LogP contribution in [0.25, 0.3) is 0 Å². The van der Waals surface area contributed by atoms with Gasteiger partial charge in [-0.25, -0.2) is 4.79 Å². The predicted molar refractivity (Wildman–Crippen MR) is 74.5 cm³/mol. The molecule has 0 aliphatic carbocycles. The quantitative estimate of drug-likeness (QED) is 0.910. The maximum atomic E-state index is 12.5. The summed E-state index contributed by atoms with van der Waals surface area (Å²) in [7, 11) is 0. The molecule has 3 saturated heterocycles. The van der Waals surface area contributed by atoms with Gasteiger partial charge >= 0.3 is 12.3 Å². The van der Waals surface area contributed by atoms with E-state index in [4.69, 9.17) is 4.74 Å². The summed E-state index contributed by atoms with van der Waals surface area (Å²) in [6, 6.07) is 4.31. The van der Waals surface area contributed by atoms with Gasteiger partial charge in [0, 0.05) is 12.2 Å². The second-order valence-electron chi connectivity index (χ2n) is 5.78. The number of hydrogen-bond donors (Lipinski definition) is 1. The first kappa shape index (κ1) is 15.1. The number of piperidine rings is 3. The highest BCUT2D eigenvalue weighted by atomic mass is 19.4. The molecule has 1 N–H and O–H groups in total. The van der Waals surface area contributed by atoms with Crippen LogP contribution in [-0.2, 0) is 10.9 Å². The van der Waals surface area contributed by atoms with Crippen molar-refractivity contribution in [2.45, 2.75) is 25.1 Å². The standard InChI is InChI=1S/C15H17F3N2O2/c16-15(17,18)11-1-3-12(4-2-11)19-14(21)22-13-9-20-7-5-10(13)6-8-20/h1-4,10,13H,5-9H2,(H,19,21)/t13-/m0/s1. The minimum atomic E-state index is -4.38. The monoisotopic (exact) mass is 314 g/mol. The summed E-state index contributed by atoms with van der Waals surface area (Å²) in [5.74, 6) is 0.392. The van der Waals surface area contributed by atoms with Crippen LogP contribution in [-0.4, -0.2) is 36.7 Å². The van der Waals surface area contributed by atoms with Gasteiger partial charge in [-0.2, -0.15) is 13.2 Å². The highest BCUT2D eigenvalue weighted by molar-refractivity contribution is 5.84. The fourth-order valence-electron chi connectivity index (χ4n) is 3.07. The lowest BCUT2D eigenvalue weighted by Gasteiger charge is -2.43. The molecule has 4 nitrogen and oxygen atoms in total. The zero-order valence-electron chi connectivity index (χ0n) is 11.9. The summed E-state index contributed by atoms with van der Waals surface area (Å²) >= 11 is 0. The number of carbonyl (C=O) groups is 1. The van der Waals surface area contributed by atoms with Crippen molar-refractivity contribution in [2.24, 2.45) is 5.92 Å². The summed E-state index contributed by atoms with van der Waals surface area (Å²) in [6.07, 6.45) is -3.07. The smallest absolute Gasteiger partial charge is 0.416 e. The van der Waals surface area contributed by atoms with E-state index < -0.39 is 17.8 Å². The molecule has 1 atom stereocenters. The van der Waals surface area contributed by atoms with Crippen LogP contribution in [0.3, 0.4) is 0 Å². The summed E-state index contributed by atoms with van der Waals surface area (Å²) in [4.78, 5) is 14.1. The number of nitrogens with zero attached hydrogens (tertiary/aromatic N) is 1. The number of carbonyl (C=O) groups excluding carboxylic acids is 1. The Morgan fingerprint density at radius 1 is 1.18 bits per heavy atom.